The van der Waals surface area contributed by atoms with Gasteiger partial charge in [-0.15, -0.1) is 0 Å². The van der Waals surface area contributed by atoms with Crippen molar-refractivity contribution in [3.8, 4) is 17.6 Å². The number of aryl methyl sites for hydroxylation is 1. The Morgan fingerprint density at radius 2 is 1.93 bits per heavy atom. The van der Waals surface area contributed by atoms with Crippen molar-refractivity contribution in [1.29, 1.82) is 0 Å². The van der Waals surface area contributed by atoms with Crippen LogP contribution >= 0.6 is 0 Å². The zero-order valence-corrected chi connectivity index (χ0v) is 17.0. The molecule has 1 aliphatic heterocycles. The van der Waals surface area contributed by atoms with Gasteiger partial charge in [-0.1, -0.05) is 24.0 Å². The number of hydrogen-bond acceptors (Lipinski definition) is 5. The van der Waals surface area contributed by atoms with Crippen molar-refractivity contribution < 1.29 is 9.47 Å². The molecule has 0 saturated carbocycles. The van der Waals surface area contributed by atoms with Crippen molar-refractivity contribution in [3.05, 3.63) is 87.9 Å². The smallest absolute Gasteiger partial charge is 0.254 e. The molecule has 3 aromatic rings. The van der Waals surface area contributed by atoms with E-state index in [4.69, 9.17) is 9.47 Å². The van der Waals surface area contributed by atoms with Gasteiger partial charge >= 0.3 is 0 Å². The molecule has 0 N–H and O–H groups in total. The Kier molecular flexibility index (Phi) is 5.92. The predicted octanol–water partition coefficient (Wildman–Crippen LogP) is 3.13. The zero-order chi connectivity index (χ0) is 20.9. The molecule has 6 nitrogen and oxygen atoms in total. The fourth-order valence-corrected chi connectivity index (χ4v) is 3.31. The number of benzene rings is 1. The lowest BCUT2D eigenvalue weighted by Crippen LogP contribution is -2.25. The fourth-order valence-electron chi connectivity index (χ4n) is 3.31. The summed E-state index contributed by atoms with van der Waals surface area (Å²) in [7, 11) is 0. The topological polar surface area (TPSA) is 66.2 Å². The molecule has 1 aliphatic rings. The standard InChI is InChI=1S/C24H23N3O3/c1-17-12-22(30-16-23-25-10-3-11-26-23)13-24(28)27(17)18(2)21-8-6-19(7-9-21)4-5-20-14-29-15-20/h3,6-13,18,20H,14-16H2,1-2H3/t18-/m1/s1. The molecular weight excluding hydrogens is 378 g/mol. The lowest BCUT2D eigenvalue weighted by Gasteiger charge is -2.20. The molecule has 0 aliphatic carbocycles. The van der Waals surface area contributed by atoms with Crippen LogP contribution in [0.4, 0.5) is 0 Å². The first kappa shape index (κ1) is 19.9. The zero-order valence-electron chi connectivity index (χ0n) is 17.0. The molecule has 1 atom stereocenters. The summed E-state index contributed by atoms with van der Waals surface area (Å²) >= 11 is 0. The van der Waals surface area contributed by atoms with Crippen LogP contribution in [-0.4, -0.2) is 27.7 Å². The summed E-state index contributed by atoms with van der Waals surface area (Å²) in [6.07, 6.45) is 3.32. The summed E-state index contributed by atoms with van der Waals surface area (Å²) in [6.45, 7) is 5.59. The maximum Gasteiger partial charge on any atom is 0.254 e. The summed E-state index contributed by atoms with van der Waals surface area (Å²) in [5, 5.41) is 0. The quantitative estimate of drug-likeness (QED) is 0.615. The molecule has 0 spiro atoms. The number of rotatable bonds is 5. The van der Waals surface area contributed by atoms with Gasteiger partial charge in [0.25, 0.3) is 5.56 Å². The first-order valence-corrected chi connectivity index (χ1v) is 9.91. The van der Waals surface area contributed by atoms with Crippen LogP contribution in [0.15, 0.2) is 59.7 Å². The Morgan fingerprint density at radius 3 is 2.57 bits per heavy atom. The third-order valence-electron chi connectivity index (χ3n) is 5.06. The van der Waals surface area contributed by atoms with Gasteiger partial charge in [0.1, 0.15) is 12.4 Å². The van der Waals surface area contributed by atoms with E-state index in [-0.39, 0.29) is 18.2 Å². The summed E-state index contributed by atoms with van der Waals surface area (Å²) in [6, 6.07) is 13.1. The second kappa shape index (κ2) is 8.93. The molecule has 152 valence electrons. The van der Waals surface area contributed by atoms with Gasteiger partial charge in [0.05, 0.1) is 25.2 Å². The van der Waals surface area contributed by atoms with E-state index in [1.807, 2.05) is 44.2 Å². The van der Waals surface area contributed by atoms with Crippen LogP contribution in [0.5, 0.6) is 5.75 Å². The van der Waals surface area contributed by atoms with Crippen LogP contribution in [0.2, 0.25) is 0 Å². The third-order valence-corrected chi connectivity index (χ3v) is 5.06. The third kappa shape index (κ3) is 4.58. The summed E-state index contributed by atoms with van der Waals surface area (Å²) in [5.41, 5.74) is 2.73. The number of nitrogens with zero attached hydrogens (tertiary/aromatic N) is 3. The number of aromatic nitrogens is 3. The van der Waals surface area contributed by atoms with Gasteiger partial charge in [0.15, 0.2) is 5.82 Å². The lowest BCUT2D eigenvalue weighted by atomic mass is 10.0. The highest BCUT2D eigenvalue weighted by Crippen LogP contribution is 2.21. The average Bonchev–Trinajstić information content (AvgIpc) is 2.72. The first-order chi connectivity index (χ1) is 14.6. The van der Waals surface area contributed by atoms with Gasteiger partial charge in [-0.05, 0) is 43.7 Å². The predicted molar refractivity (Wildman–Crippen MR) is 113 cm³/mol. The van der Waals surface area contributed by atoms with E-state index in [2.05, 4.69) is 21.8 Å². The Morgan fingerprint density at radius 1 is 1.20 bits per heavy atom. The Balaban J connectivity index is 1.48. The SMILES string of the molecule is Cc1cc(OCc2ncccn2)cc(=O)n1[C@H](C)c1ccc(C#CC2COC2)cc1. The van der Waals surface area contributed by atoms with E-state index in [9.17, 15) is 4.79 Å². The molecular formula is C24H23N3O3. The summed E-state index contributed by atoms with van der Waals surface area (Å²) in [5.74, 6) is 7.83. The molecule has 0 amide bonds. The number of pyridine rings is 1. The molecule has 1 aromatic carbocycles. The van der Waals surface area contributed by atoms with E-state index >= 15 is 0 Å². The summed E-state index contributed by atoms with van der Waals surface area (Å²) < 4.78 is 12.6. The van der Waals surface area contributed by atoms with E-state index in [0.717, 1.165) is 30.0 Å². The van der Waals surface area contributed by atoms with Gasteiger partial charge in [0.2, 0.25) is 0 Å². The van der Waals surface area contributed by atoms with E-state index in [0.29, 0.717) is 17.5 Å². The van der Waals surface area contributed by atoms with Crippen molar-refractivity contribution >= 4 is 0 Å². The molecule has 2 aromatic heterocycles. The molecule has 1 fully saturated rings. The van der Waals surface area contributed by atoms with E-state index in [1.165, 1.54) is 6.07 Å². The lowest BCUT2D eigenvalue weighted by molar-refractivity contribution is -0.00300. The molecule has 4 rings (SSSR count). The fraction of sp³-hybridized carbons (Fsp3) is 0.292. The maximum absolute atomic E-state index is 12.8. The highest BCUT2D eigenvalue weighted by atomic mass is 16.5. The Bertz CT molecular complexity index is 1120. The van der Waals surface area contributed by atoms with Gasteiger partial charge < -0.3 is 14.0 Å². The summed E-state index contributed by atoms with van der Waals surface area (Å²) in [4.78, 5) is 21.0. The van der Waals surface area contributed by atoms with Crippen molar-refractivity contribution in [2.45, 2.75) is 26.5 Å². The van der Waals surface area contributed by atoms with Gasteiger partial charge in [-0.3, -0.25) is 4.79 Å². The van der Waals surface area contributed by atoms with Crippen molar-refractivity contribution in [2.24, 2.45) is 5.92 Å². The second-order valence-electron chi connectivity index (χ2n) is 7.30. The molecule has 1 saturated heterocycles. The Hall–Kier alpha value is -3.43. The average molecular weight is 401 g/mol. The van der Waals surface area contributed by atoms with E-state index in [1.54, 1.807) is 23.0 Å². The monoisotopic (exact) mass is 401 g/mol. The minimum atomic E-state index is -0.111. The normalized spacial score (nSPS) is 14.3. The molecule has 0 radical (unpaired) electrons. The van der Waals surface area contributed by atoms with Gasteiger partial charge in [0, 0.05) is 29.7 Å². The van der Waals surface area contributed by atoms with Crippen molar-refractivity contribution in [3.63, 3.8) is 0 Å². The maximum atomic E-state index is 12.8. The largest absolute Gasteiger partial charge is 0.485 e. The van der Waals surface area contributed by atoms with Crippen LogP contribution in [-0.2, 0) is 11.3 Å². The number of ether oxygens (including phenoxy) is 2. The van der Waals surface area contributed by atoms with Crippen LogP contribution < -0.4 is 10.3 Å². The van der Waals surface area contributed by atoms with Crippen LogP contribution in [0.3, 0.4) is 0 Å². The van der Waals surface area contributed by atoms with Gasteiger partial charge in [-0.25, -0.2) is 9.97 Å². The molecule has 6 heteroatoms. The molecule has 3 heterocycles. The van der Waals surface area contributed by atoms with Crippen molar-refractivity contribution in [2.75, 3.05) is 13.2 Å². The number of hydrogen-bond donors (Lipinski definition) is 0. The van der Waals surface area contributed by atoms with Crippen LogP contribution in [0, 0.1) is 24.7 Å². The van der Waals surface area contributed by atoms with Crippen molar-refractivity contribution in [1.82, 2.24) is 14.5 Å². The minimum absolute atomic E-state index is 0.106. The van der Waals surface area contributed by atoms with Crippen LogP contribution in [0.25, 0.3) is 0 Å². The van der Waals surface area contributed by atoms with Crippen LogP contribution in [0.1, 0.15) is 35.6 Å². The van der Waals surface area contributed by atoms with E-state index < -0.39 is 0 Å². The molecule has 30 heavy (non-hydrogen) atoms. The van der Waals surface area contributed by atoms with Gasteiger partial charge in [-0.2, -0.15) is 0 Å². The molecule has 0 unspecified atom stereocenters. The Labute approximate surface area is 175 Å². The molecule has 0 bridgehead atoms. The first-order valence-electron chi connectivity index (χ1n) is 9.91. The highest BCUT2D eigenvalue weighted by molar-refractivity contribution is 5.38. The minimum Gasteiger partial charge on any atom is -0.485 e. The second-order valence-corrected chi connectivity index (χ2v) is 7.30. The highest BCUT2D eigenvalue weighted by Gasteiger charge is 2.15.